The smallest absolute Gasteiger partial charge is 0.199 e. The van der Waals surface area contributed by atoms with Crippen LogP contribution in [0.25, 0.3) is 100 Å². The monoisotopic (exact) mass is 679 g/mol. The van der Waals surface area contributed by atoms with Gasteiger partial charge in [-0.2, -0.15) is 0 Å². The molecule has 4 aromatic heterocycles. The molecule has 11 rings (SSSR count). The highest BCUT2D eigenvalue weighted by molar-refractivity contribution is 6.10. The zero-order valence-electron chi connectivity index (χ0n) is 28.4. The molecule has 7 aromatic carbocycles. The molecule has 0 aliphatic rings. The number of hydrogen-bond acceptors (Lipinski definition) is 4. The highest BCUT2D eigenvalue weighted by Crippen LogP contribution is 2.38. The average Bonchev–Trinajstić information content (AvgIpc) is 3.91. The lowest BCUT2D eigenvalue weighted by atomic mass is 10.1. The maximum atomic E-state index is 6.33. The standard InChI is InChI=1S/C47H29N5O/c1-2-14-30(15-3-1)45-48-46(50-47(49-45)44-28-31-16-4-13-25-43(31)53-44)32-26-33(51-39-21-9-5-17-35(39)36-18-6-10-22-40(36)51)29-34(27-32)52-41-23-11-7-19-37(41)38-20-8-12-24-42(38)52/h1-29H. The third-order valence-electron chi connectivity index (χ3n) is 10.2. The molecule has 0 saturated heterocycles. The van der Waals surface area contributed by atoms with Crippen molar-refractivity contribution in [2.24, 2.45) is 0 Å². The van der Waals surface area contributed by atoms with E-state index in [2.05, 4.69) is 124 Å². The van der Waals surface area contributed by atoms with Crippen LogP contribution in [0.2, 0.25) is 0 Å². The van der Waals surface area contributed by atoms with Gasteiger partial charge in [0.25, 0.3) is 0 Å². The molecule has 6 heteroatoms. The Labute approximate surface area is 303 Å². The highest BCUT2D eigenvalue weighted by atomic mass is 16.3. The van der Waals surface area contributed by atoms with Gasteiger partial charge in [-0.05, 0) is 54.6 Å². The Bertz CT molecular complexity index is 2920. The Balaban J connectivity index is 1.23. The molecule has 0 aliphatic carbocycles. The molecule has 0 N–H and O–H groups in total. The van der Waals surface area contributed by atoms with Gasteiger partial charge in [0.05, 0.1) is 22.1 Å². The van der Waals surface area contributed by atoms with Gasteiger partial charge in [0.15, 0.2) is 23.2 Å². The molecule has 11 aromatic rings. The van der Waals surface area contributed by atoms with Crippen LogP contribution in [0.15, 0.2) is 180 Å². The molecule has 53 heavy (non-hydrogen) atoms. The number of nitrogens with zero attached hydrogens (tertiary/aromatic N) is 5. The second-order valence-electron chi connectivity index (χ2n) is 13.3. The summed E-state index contributed by atoms with van der Waals surface area (Å²) in [5.41, 5.74) is 9.06. The largest absolute Gasteiger partial charge is 0.453 e. The Morgan fingerprint density at radius 1 is 0.358 bits per heavy atom. The van der Waals surface area contributed by atoms with Crippen molar-refractivity contribution >= 4 is 54.6 Å². The van der Waals surface area contributed by atoms with Gasteiger partial charge in [-0.25, -0.2) is 15.0 Å². The number of para-hydroxylation sites is 5. The van der Waals surface area contributed by atoms with Crippen LogP contribution < -0.4 is 0 Å². The van der Waals surface area contributed by atoms with Crippen molar-refractivity contribution in [3.05, 3.63) is 176 Å². The molecule has 0 spiro atoms. The molecule has 4 heterocycles. The second kappa shape index (κ2) is 11.6. The number of fused-ring (bicyclic) bond motifs is 7. The van der Waals surface area contributed by atoms with Gasteiger partial charge in [-0.3, -0.25) is 0 Å². The van der Waals surface area contributed by atoms with Crippen LogP contribution in [0, 0.1) is 0 Å². The van der Waals surface area contributed by atoms with Gasteiger partial charge in [0, 0.05) is 49.4 Å². The van der Waals surface area contributed by atoms with Gasteiger partial charge in [0.1, 0.15) is 5.58 Å². The number of aromatic nitrogens is 5. The first-order chi connectivity index (χ1) is 26.3. The van der Waals surface area contributed by atoms with Crippen molar-refractivity contribution in [1.29, 1.82) is 0 Å². The minimum Gasteiger partial charge on any atom is -0.453 e. The van der Waals surface area contributed by atoms with Crippen LogP contribution in [0.1, 0.15) is 0 Å². The molecule has 6 nitrogen and oxygen atoms in total. The first-order valence-corrected chi connectivity index (χ1v) is 17.7. The minimum absolute atomic E-state index is 0.478. The quantitative estimate of drug-likeness (QED) is 0.182. The zero-order chi connectivity index (χ0) is 34.9. The molecule has 0 unspecified atom stereocenters. The van der Waals surface area contributed by atoms with E-state index in [9.17, 15) is 0 Å². The van der Waals surface area contributed by atoms with E-state index in [0.717, 1.165) is 55.5 Å². The van der Waals surface area contributed by atoms with Crippen LogP contribution >= 0.6 is 0 Å². The highest BCUT2D eigenvalue weighted by Gasteiger charge is 2.20. The van der Waals surface area contributed by atoms with E-state index in [4.69, 9.17) is 19.4 Å². The predicted octanol–water partition coefficient (Wildman–Crippen LogP) is 11.8. The third-order valence-corrected chi connectivity index (χ3v) is 10.2. The summed E-state index contributed by atoms with van der Waals surface area (Å²) in [6, 6.07) is 61.1. The Morgan fingerprint density at radius 2 is 0.792 bits per heavy atom. The lowest BCUT2D eigenvalue weighted by Gasteiger charge is -2.16. The van der Waals surface area contributed by atoms with Crippen LogP contribution in [0.5, 0.6) is 0 Å². The Morgan fingerprint density at radius 3 is 1.32 bits per heavy atom. The summed E-state index contributed by atoms with van der Waals surface area (Å²) in [4.78, 5) is 15.3. The van der Waals surface area contributed by atoms with Crippen molar-refractivity contribution < 1.29 is 4.42 Å². The van der Waals surface area contributed by atoms with Crippen molar-refractivity contribution in [2.45, 2.75) is 0 Å². The normalized spacial score (nSPS) is 11.8. The third kappa shape index (κ3) is 4.70. The molecule has 0 bridgehead atoms. The zero-order valence-corrected chi connectivity index (χ0v) is 28.4. The van der Waals surface area contributed by atoms with Gasteiger partial charge < -0.3 is 13.6 Å². The summed E-state index contributed by atoms with van der Waals surface area (Å²) in [6.45, 7) is 0. The van der Waals surface area contributed by atoms with Crippen LogP contribution in [0.3, 0.4) is 0 Å². The van der Waals surface area contributed by atoms with Gasteiger partial charge >= 0.3 is 0 Å². The van der Waals surface area contributed by atoms with Gasteiger partial charge in [0.2, 0.25) is 0 Å². The topological polar surface area (TPSA) is 61.7 Å². The predicted molar refractivity (Wildman–Crippen MR) is 215 cm³/mol. The first-order valence-electron chi connectivity index (χ1n) is 17.7. The van der Waals surface area contributed by atoms with E-state index >= 15 is 0 Å². The number of benzene rings is 7. The maximum Gasteiger partial charge on any atom is 0.199 e. The van der Waals surface area contributed by atoms with Crippen molar-refractivity contribution in [2.75, 3.05) is 0 Å². The number of furan rings is 1. The molecule has 0 fully saturated rings. The Hall–Kier alpha value is -7.31. The summed E-state index contributed by atoms with van der Waals surface area (Å²) >= 11 is 0. The van der Waals surface area contributed by atoms with Crippen molar-refractivity contribution in [3.8, 4) is 45.7 Å². The molecule has 0 amide bonds. The van der Waals surface area contributed by atoms with Crippen LogP contribution in [-0.2, 0) is 0 Å². The fourth-order valence-corrected chi connectivity index (χ4v) is 7.81. The molecular weight excluding hydrogens is 651 g/mol. The molecule has 0 aliphatic heterocycles. The van der Waals surface area contributed by atoms with Crippen LogP contribution in [-0.4, -0.2) is 24.1 Å². The van der Waals surface area contributed by atoms with E-state index in [0.29, 0.717) is 23.2 Å². The van der Waals surface area contributed by atoms with E-state index in [1.165, 1.54) is 21.5 Å². The fraction of sp³-hybridized carbons (Fsp3) is 0. The molecule has 248 valence electrons. The summed E-state index contributed by atoms with van der Waals surface area (Å²) in [6.07, 6.45) is 0. The average molecular weight is 680 g/mol. The second-order valence-corrected chi connectivity index (χ2v) is 13.3. The molecule has 0 radical (unpaired) electrons. The lowest BCUT2D eigenvalue weighted by Crippen LogP contribution is -2.03. The van der Waals surface area contributed by atoms with E-state index in [-0.39, 0.29) is 0 Å². The summed E-state index contributed by atoms with van der Waals surface area (Å²) in [5.74, 6) is 2.20. The Kier molecular flexibility index (Phi) is 6.45. The first kappa shape index (κ1) is 29.4. The number of rotatable bonds is 5. The van der Waals surface area contributed by atoms with E-state index in [1.54, 1.807) is 0 Å². The molecular formula is C47H29N5O. The summed E-state index contributed by atoms with van der Waals surface area (Å²) in [7, 11) is 0. The van der Waals surface area contributed by atoms with E-state index < -0.39 is 0 Å². The van der Waals surface area contributed by atoms with Gasteiger partial charge in [-0.1, -0.05) is 121 Å². The SMILES string of the molecule is c1ccc(-c2nc(-c3cc(-n4c5ccccc5c5ccccc54)cc(-n4c5ccccc5c5ccccc54)c3)nc(-c3cc4ccccc4o3)n2)cc1. The minimum atomic E-state index is 0.478. The van der Waals surface area contributed by atoms with E-state index in [1.807, 2.05) is 60.7 Å². The van der Waals surface area contributed by atoms with Crippen molar-refractivity contribution in [3.63, 3.8) is 0 Å². The maximum absolute atomic E-state index is 6.33. The fourth-order valence-electron chi connectivity index (χ4n) is 7.81. The molecule has 0 saturated carbocycles. The number of hydrogen-bond donors (Lipinski definition) is 0. The summed E-state index contributed by atoms with van der Waals surface area (Å²) in [5, 5.41) is 5.79. The van der Waals surface area contributed by atoms with Gasteiger partial charge in [-0.15, -0.1) is 0 Å². The van der Waals surface area contributed by atoms with Crippen LogP contribution in [0.4, 0.5) is 0 Å². The summed E-state index contributed by atoms with van der Waals surface area (Å²) < 4.78 is 11.0. The lowest BCUT2D eigenvalue weighted by molar-refractivity contribution is 0.625. The molecule has 0 atom stereocenters. The van der Waals surface area contributed by atoms with Crippen molar-refractivity contribution in [1.82, 2.24) is 24.1 Å².